The maximum absolute atomic E-state index is 10.6. The molecule has 2 aliphatic rings. The van der Waals surface area contributed by atoms with Crippen molar-refractivity contribution in [2.75, 3.05) is 12.3 Å². The van der Waals surface area contributed by atoms with E-state index >= 15 is 0 Å². The van der Waals surface area contributed by atoms with Gasteiger partial charge in [0.1, 0.15) is 5.70 Å². The van der Waals surface area contributed by atoms with E-state index in [1.54, 1.807) is 17.2 Å². The molecule has 68 valence electrons. The zero-order chi connectivity index (χ0) is 7.84. The van der Waals surface area contributed by atoms with Crippen molar-refractivity contribution in [2.24, 2.45) is 0 Å². The summed E-state index contributed by atoms with van der Waals surface area (Å²) in [7, 11) is 0. The third-order valence-electron chi connectivity index (χ3n) is 2.16. The number of carboxylic acids is 1. The third-order valence-corrected chi connectivity index (χ3v) is 3.12. The molecule has 5 heteroatoms. The quantitative estimate of drug-likeness (QED) is 0.701. The second kappa shape index (κ2) is 3.58. The fraction of sp³-hybridized carbons (Fsp3) is 0.571. The lowest BCUT2D eigenvalue weighted by Gasteiger charge is -2.44. The smallest absolute Gasteiger partial charge is 0.352 e. The summed E-state index contributed by atoms with van der Waals surface area (Å²) in [5.41, 5.74) is 0.484. The Morgan fingerprint density at radius 1 is 1.75 bits per heavy atom. The van der Waals surface area contributed by atoms with Crippen LogP contribution in [0.1, 0.15) is 6.42 Å². The summed E-state index contributed by atoms with van der Waals surface area (Å²) in [5.74, 6) is 0.262. The maximum Gasteiger partial charge on any atom is 0.352 e. The van der Waals surface area contributed by atoms with Crippen molar-refractivity contribution < 1.29 is 9.90 Å². The van der Waals surface area contributed by atoms with Gasteiger partial charge in [0.15, 0.2) is 0 Å². The standard InChI is InChI=1S/C7H9NO2S.ClH/c9-7(10)6-4-11-3-5-1-2-8(5)6;/h4-5H,1-3H2,(H,9,10);1H. The predicted molar refractivity (Wildman–Crippen MR) is 50.5 cm³/mol. The van der Waals surface area contributed by atoms with Crippen molar-refractivity contribution in [1.29, 1.82) is 0 Å². The van der Waals surface area contributed by atoms with Crippen molar-refractivity contribution in [3.05, 3.63) is 11.1 Å². The van der Waals surface area contributed by atoms with Gasteiger partial charge in [-0.3, -0.25) is 0 Å². The molecule has 1 fully saturated rings. The van der Waals surface area contributed by atoms with E-state index in [2.05, 4.69) is 0 Å². The molecule has 1 unspecified atom stereocenters. The van der Waals surface area contributed by atoms with Crippen LogP contribution in [-0.4, -0.2) is 34.3 Å². The SMILES string of the molecule is Cl.O=C(O)C1=CSCC2CCN12. The summed E-state index contributed by atoms with van der Waals surface area (Å²) < 4.78 is 0. The van der Waals surface area contributed by atoms with Gasteiger partial charge in [-0.2, -0.15) is 0 Å². The normalized spacial score (nSPS) is 26.2. The van der Waals surface area contributed by atoms with Gasteiger partial charge in [-0.1, -0.05) is 0 Å². The van der Waals surface area contributed by atoms with E-state index in [-0.39, 0.29) is 12.4 Å². The van der Waals surface area contributed by atoms with Crippen LogP contribution in [0.25, 0.3) is 0 Å². The van der Waals surface area contributed by atoms with E-state index in [0.29, 0.717) is 11.7 Å². The average Bonchev–Trinajstić information content (AvgIpc) is 1.90. The van der Waals surface area contributed by atoms with Crippen LogP contribution in [0.5, 0.6) is 0 Å². The molecule has 0 amide bonds. The van der Waals surface area contributed by atoms with E-state index in [1.165, 1.54) is 0 Å². The number of aliphatic carboxylic acids is 1. The largest absolute Gasteiger partial charge is 0.477 e. The molecular weight excluding hydrogens is 198 g/mol. The molecule has 0 spiro atoms. The van der Waals surface area contributed by atoms with Crippen molar-refractivity contribution in [2.45, 2.75) is 12.5 Å². The van der Waals surface area contributed by atoms with Gasteiger partial charge in [-0.05, 0) is 6.42 Å². The molecule has 1 atom stereocenters. The van der Waals surface area contributed by atoms with Gasteiger partial charge >= 0.3 is 5.97 Å². The number of carbonyl (C=O) groups is 1. The van der Waals surface area contributed by atoms with Gasteiger partial charge in [0.05, 0.1) is 0 Å². The van der Waals surface area contributed by atoms with Crippen molar-refractivity contribution >= 4 is 30.1 Å². The third kappa shape index (κ3) is 1.41. The average molecular weight is 208 g/mol. The highest BCUT2D eigenvalue weighted by atomic mass is 35.5. The Balaban J connectivity index is 0.000000720. The minimum absolute atomic E-state index is 0. The summed E-state index contributed by atoms with van der Waals surface area (Å²) in [4.78, 5) is 12.6. The molecule has 1 saturated heterocycles. The summed E-state index contributed by atoms with van der Waals surface area (Å²) in [6.07, 6.45) is 1.15. The first kappa shape index (κ1) is 9.74. The molecular formula is C7H10ClNO2S. The molecule has 0 bridgehead atoms. The summed E-state index contributed by atoms with van der Waals surface area (Å²) in [6, 6.07) is 0.496. The van der Waals surface area contributed by atoms with Crippen molar-refractivity contribution in [1.82, 2.24) is 4.90 Å². The van der Waals surface area contributed by atoms with Crippen LogP contribution in [0.15, 0.2) is 11.1 Å². The minimum Gasteiger partial charge on any atom is -0.477 e. The Morgan fingerprint density at radius 2 is 2.50 bits per heavy atom. The topological polar surface area (TPSA) is 40.5 Å². The maximum atomic E-state index is 10.6. The Bertz CT molecular complexity index is 231. The first-order valence-electron chi connectivity index (χ1n) is 3.61. The number of halogens is 1. The van der Waals surface area contributed by atoms with Crippen LogP contribution < -0.4 is 0 Å². The van der Waals surface area contributed by atoms with E-state index < -0.39 is 5.97 Å². The summed E-state index contributed by atoms with van der Waals surface area (Å²) in [5, 5.41) is 10.5. The van der Waals surface area contributed by atoms with Gasteiger partial charge in [-0.25, -0.2) is 4.79 Å². The minimum atomic E-state index is -0.790. The second-order valence-electron chi connectivity index (χ2n) is 2.78. The van der Waals surface area contributed by atoms with Gasteiger partial charge in [0.25, 0.3) is 0 Å². The lowest BCUT2D eigenvalue weighted by molar-refractivity contribution is -0.135. The molecule has 2 rings (SSSR count). The lowest BCUT2D eigenvalue weighted by Crippen LogP contribution is -2.51. The number of hydrogen-bond donors (Lipinski definition) is 1. The number of carboxylic acid groups (broad SMARTS) is 1. The Morgan fingerprint density at radius 3 is 2.92 bits per heavy atom. The molecule has 0 aliphatic carbocycles. The van der Waals surface area contributed by atoms with Gasteiger partial charge in [0, 0.05) is 23.7 Å². The molecule has 0 aromatic heterocycles. The Kier molecular flexibility index (Phi) is 2.90. The Labute approximate surface area is 81.2 Å². The number of rotatable bonds is 1. The fourth-order valence-corrected chi connectivity index (χ4v) is 2.47. The second-order valence-corrected chi connectivity index (χ2v) is 3.68. The molecule has 3 nitrogen and oxygen atoms in total. The van der Waals surface area contributed by atoms with Crippen LogP contribution in [0.3, 0.4) is 0 Å². The predicted octanol–water partition coefficient (Wildman–Crippen LogP) is 1.16. The van der Waals surface area contributed by atoms with Crippen LogP contribution >= 0.6 is 24.2 Å². The van der Waals surface area contributed by atoms with Crippen LogP contribution in [0.2, 0.25) is 0 Å². The number of nitrogens with zero attached hydrogens (tertiary/aromatic N) is 1. The first-order chi connectivity index (χ1) is 5.29. The molecule has 12 heavy (non-hydrogen) atoms. The van der Waals surface area contributed by atoms with E-state index in [9.17, 15) is 4.79 Å². The highest BCUT2D eigenvalue weighted by molar-refractivity contribution is 8.02. The highest BCUT2D eigenvalue weighted by Gasteiger charge is 2.34. The zero-order valence-corrected chi connectivity index (χ0v) is 8.03. The molecule has 1 N–H and O–H groups in total. The fourth-order valence-electron chi connectivity index (χ4n) is 1.41. The molecule has 0 saturated carbocycles. The molecule has 2 aliphatic heterocycles. The highest BCUT2D eigenvalue weighted by Crippen LogP contribution is 2.32. The van der Waals surface area contributed by atoms with Crippen molar-refractivity contribution in [3.8, 4) is 0 Å². The summed E-state index contributed by atoms with van der Waals surface area (Å²) in [6.45, 7) is 0.920. The molecule has 0 radical (unpaired) electrons. The Hall–Kier alpha value is -0.350. The van der Waals surface area contributed by atoms with E-state index in [4.69, 9.17) is 5.11 Å². The number of hydrogen-bond acceptors (Lipinski definition) is 3. The monoisotopic (exact) mass is 207 g/mol. The van der Waals surface area contributed by atoms with Crippen LogP contribution in [0.4, 0.5) is 0 Å². The summed E-state index contributed by atoms with van der Waals surface area (Å²) >= 11 is 1.61. The molecule has 2 heterocycles. The lowest BCUT2D eigenvalue weighted by atomic mass is 10.0. The molecule has 0 aromatic carbocycles. The first-order valence-corrected chi connectivity index (χ1v) is 4.65. The van der Waals surface area contributed by atoms with E-state index in [1.807, 2.05) is 4.90 Å². The van der Waals surface area contributed by atoms with Crippen LogP contribution in [-0.2, 0) is 4.79 Å². The number of fused-ring (bicyclic) bond motifs is 1. The molecule has 0 aromatic rings. The van der Waals surface area contributed by atoms with Crippen LogP contribution in [0, 0.1) is 0 Å². The van der Waals surface area contributed by atoms with Gasteiger partial charge in [-0.15, -0.1) is 24.2 Å². The van der Waals surface area contributed by atoms with Crippen molar-refractivity contribution in [3.63, 3.8) is 0 Å². The number of thioether (sulfide) groups is 1. The zero-order valence-electron chi connectivity index (χ0n) is 6.40. The van der Waals surface area contributed by atoms with E-state index in [0.717, 1.165) is 18.7 Å². The van der Waals surface area contributed by atoms with Gasteiger partial charge < -0.3 is 10.0 Å². The van der Waals surface area contributed by atoms with Gasteiger partial charge in [0.2, 0.25) is 0 Å².